The lowest BCUT2D eigenvalue weighted by Crippen LogP contribution is -2.30. The van der Waals surface area contributed by atoms with E-state index in [1.54, 1.807) is 0 Å². The summed E-state index contributed by atoms with van der Waals surface area (Å²) in [6.45, 7) is 8.88. The van der Waals surface area contributed by atoms with Crippen molar-refractivity contribution in [3.05, 3.63) is 0 Å². The second kappa shape index (κ2) is 7.69. The fraction of sp³-hybridized carbons (Fsp3) is 0.917. The molecule has 0 saturated carbocycles. The normalized spacial score (nSPS) is 13.3. The van der Waals surface area contributed by atoms with Crippen LogP contribution in [0.5, 0.6) is 0 Å². The molecule has 1 atom stereocenters. The van der Waals surface area contributed by atoms with Crippen LogP contribution in [0, 0.1) is 11.8 Å². The minimum Gasteiger partial charge on any atom is -0.466 e. The van der Waals surface area contributed by atoms with Gasteiger partial charge < -0.3 is 10.5 Å². The monoisotopic (exact) mass is 215 g/mol. The average Bonchev–Trinajstić information content (AvgIpc) is 2.12. The molecule has 0 rings (SSSR count). The number of esters is 1. The van der Waals surface area contributed by atoms with Crippen LogP contribution < -0.4 is 5.73 Å². The Morgan fingerprint density at radius 1 is 1.27 bits per heavy atom. The molecule has 0 radical (unpaired) electrons. The molecule has 0 aromatic rings. The van der Waals surface area contributed by atoms with Crippen molar-refractivity contribution in [1.82, 2.24) is 0 Å². The summed E-state index contributed by atoms with van der Waals surface area (Å²) in [7, 11) is 0. The van der Waals surface area contributed by atoms with E-state index in [0.717, 1.165) is 12.8 Å². The summed E-state index contributed by atoms with van der Waals surface area (Å²) in [6, 6.07) is -0.0809. The molecule has 2 N–H and O–H groups in total. The Morgan fingerprint density at radius 2 is 1.87 bits per heavy atom. The average molecular weight is 215 g/mol. The van der Waals surface area contributed by atoms with Crippen molar-refractivity contribution in [2.75, 3.05) is 6.61 Å². The highest BCUT2D eigenvalue weighted by atomic mass is 16.5. The second-order valence-electron chi connectivity index (χ2n) is 4.87. The third-order valence-electron chi connectivity index (χ3n) is 2.45. The lowest BCUT2D eigenvalue weighted by atomic mass is 10.0. The van der Waals surface area contributed by atoms with Gasteiger partial charge in [-0.3, -0.25) is 4.79 Å². The topological polar surface area (TPSA) is 52.3 Å². The first-order valence-corrected chi connectivity index (χ1v) is 5.84. The molecule has 0 aromatic carbocycles. The van der Waals surface area contributed by atoms with Gasteiger partial charge in [0, 0.05) is 6.04 Å². The third kappa shape index (κ3) is 8.43. The van der Waals surface area contributed by atoms with Gasteiger partial charge >= 0.3 is 5.97 Å². The summed E-state index contributed by atoms with van der Waals surface area (Å²) >= 11 is 0. The number of carbonyl (C=O) groups excluding carboxylic acids is 1. The molecule has 0 heterocycles. The zero-order chi connectivity index (χ0) is 11.8. The van der Waals surface area contributed by atoms with Crippen molar-refractivity contribution in [3.63, 3.8) is 0 Å². The van der Waals surface area contributed by atoms with E-state index in [1.807, 2.05) is 13.8 Å². The first kappa shape index (κ1) is 14.4. The number of nitrogens with two attached hydrogens (primary N) is 1. The first-order chi connectivity index (χ1) is 6.93. The van der Waals surface area contributed by atoms with Crippen molar-refractivity contribution in [2.24, 2.45) is 17.6 Å². The number of ether oxygens (including phenoxy) is 1. The summed E-state index contributed by atoms with van der Waals surface area (Å²) < 4.78 is 5.09. The minimum atomic E-state index is -0.167. The van der Waals surface area contributed by atoms with E-state index in [0.29, 0.717) is 24.9 Å². The Morgan fingerprint density at radius 3 is 2.33 bits per heavy atom. The standard InChI is InChI=1S/C12H25NO2/c1-9(2)6-5-7-15-12(14)8-11(13)10(3)4/h9-11H,5-8,13H2,1-4H3. The van der Waals surface area contributed by atoms with Gasteiger partial charge in [0.15, 0.2) is 0 Å². The van der Waals surface area contributed by atoms with Crippen LogP contribution in [0.25, 0.3) is 0 Å². The van der Waals surface area contributed by atoms with Gasteiger partial charge in [0.2, 0.25) is 0 Å². The lowest BCUT2D eigenvalue weighted by molar-refractivity contribution is -0.144. The van der Waals surface area contributed by atoms with Crippen LogP contribution in [0.2, 0.25) is 0 Å². The van der Waals surface area contributed by atoms with E-state index < -0.39 is 0 Å². The van der Waals surface area contributed by atoms with Gasteiger partial charge in [0.1, 0.15) is 0 Å². The maximum absolute atomic E-state index is 11.3. The highest BCUT2D eigenvalue weighted by molar-refractivity contribution is 5.70. The molecule has 0 aliphatic carbocycles. The van der Waals surface area contributed by atoms with Gasteiger partial charge in [-0.2, -0.15) is 0 Å². The van der Waals surface area contributed by atoms with Crippen molar-refractivity contribution in [2.45, 2.75) is 53.0 Å². The van der Waals surface area contributed by atoms with E-state index in [2.05, 4.69) is 13.8 Å². The van der Waals surface area contributed by atoms with E-state index in [9.17, 15) is 4.79 Å². The maximum atomic E-state index is 11.3. The molecular weight excluding hydrogens is 190 g/mol. The van der Waals surface area contributed by atoms with Gasteiger partial charge in [-0.25, -0.2) is 0 Å². The van der Waals surface area contributed by atoms with Crippen LogP contribution in [-0.2, 0) is 9.53 Å². The van der Waals surface area contributed by atoms with Crippen LogP contribution in [0.15, 0.2) is 0 Å². The number of rotatable bonds is 7. The summed E-state index contributed by atoms with van der Waals surface area (Å²) in [5.74, 6) is 0.829. The Hall–Kier alpha value is -0.570. The Labute approximate surface area is 93.4 Å². The molecule has 1 unspecified atom stereocenters. The van der Waals surface area contributed by atoms with E-state index in [1.165, 1.54) is 0 Å². The molecule has 0 aliphatic heterocycles. The molecule has 0 saturated heterocycles. The molecule has 90 valence electrons. The minimum absolute atomic E-state index is 0.0809. The molecule has 0 spiro atoms. The Balaban J connectivity index is 3.49. The Bertz CT molecular complexity index is 178. The summed E-state index contributed by atoms with van der Waals surface area (Å²) in [5.41, 5.74) is 5.77. The van der Waals surface area contributed by atoms with Crippen LogP contribution >= 0.6 is 0 Å². The van der Waals surface area contributed by atoms with Crippen LogP contribution in [0.1, 0.15) is 47.0 Å². The predicted octanol–water partition coefficient (Wildman–Crippen LogP) is 2.34. The number of hydrogen-bond donors (Lipinski definition) is 1. The number of carbonyl (C=O) groups is 1. The lowest BCUT2D eigenvalue weighted by Gasteiger charge is -2.14. The second-order valence-corrected chi connectivity index (χ2v) is 4.87. The molecule has 0 amide bonds. The summed E-state index contributed by atoms with van der Waals surface area (Å²) in [4.78, 5) is 11.3. The maximum Gasteiger partial charge on any atom is 0.307 e. The molecular formula is C12H25NO2. The van der Waals surface area contributed by atoms with E-state index in [4.69, 9.17) is 10.5 Å². The van der Waals surface area contributed by atoms with Gasteiger partial charge in [-0.1, -0.05) is 27.7 Å². The quantitative estimate of drug-likeness (QED) is 0.524. The van der Waals surface area contributed by atoms with Crippen LogP contribution in [0.4, 0.5) is 0 Å². The fourth-order valence-electron chi connectivity index (χ4n) is 1.16. The van der Waals surface area contributed by atoms with Crippen molar-refractivity contribution in [1.29, 1.82) is 0 Å². The van der Waals surface area contributed by atoms with Gasteiger partial charge in [-0.05, 0) is 24.7 Å². The zero-order valence-electron chi connectivity index (χ0n) is 10.5. The van der Waals surface area contributed by atoms with Crippen molar-refractivity contribution >= 4 is 5.97 Å². The third-order valence-corrected chi connectivity index (χ3v) is 2.45. The predicted molar refractivity (Wildman–Crippen MR) is 62.5 cm³/mol. The highest BCUT2D eigenvalue weighted by Gasteiger charge is 2.13. The highest BCUT2D eigenvalue weighted by Crippen LogP contribution is 2.06. The van der Waals surface area contributed by atoms with Crippen LogP contribution in [0.3, 0.4) is 0 Å². The molecule has 3 heteroatoms. The molecule has 3 nitrogen and oxygen atoms in total. The van der Waals surface area contributed by atoms with Crippen molar-refractivity contribution < 1.29 is 9.53 Å². The Kier molecular flexibility index (Phi) is 7.39. The largest absolute Gasteiger partial charge is 0.466 e. The first-order valence-electron chi connectivity index (χ1n) is 5.84. The van der Waals surface area contributed by atoms with Gasteiger partial charge in [0.25, 0.3) is 0 Å². The zero-order valence-corrected chi connectivity index (χ0v) is 10.5. The summed E-state index contributed by atoms with van der Waals surface area (Å²) in [6.07, 6.45) is 2.38. The van der Waals surface area contributed by atoms with E-state index in [-0.39, 0.29) is 12.0 Å². The fourth-order valence-corrected chi connectivity index (χ4v) is 1.16. The SMILES string of the molecule is CC(C)CCCOC(=O)CC(N)C(C)C. The van der Waals surface area contributed by atoms with Gasteiger partial charge in [0.05, 0.1) is 13.0 Å². The van der Waals surface area contributed by atoms with Crippen molar-refractivity contribution in [3.8, 4) is 0 Å². The molecule has 0 aliphatic rings. The molecule has 0 fully saturated rings. The van der Waals surface area contributed by atoms with E-state index >= 15 is 0 Å². The molecule has 0 aromatic heterocycles. The summed E-state index contributed by atoms with van der Waals surface area (Å²) in [5, 5.41) is 0. The molecule has 15 heavy (non-hydrogen) atoms. The van der Waals surface area contributed by atoms with Gasteiger partial charge in [-0.15, -0.1) is 0 Å². The number of hydrogen-bond acceptors (Lipinski definition) is 3. The smallest absolute Gasteiger partial charge is 0.307 e. The van der Waals surface area contributed by atoms with Crippen LogP contribution in [-0.4, -0.2) is 18.6 Å². The molecule has 0 bridgehead atoms.